The zero-order chi connectivity index (χ0) is 20.4. The van der Waals surface area contributed by atoms with Gasteiger partial charge in [0.15, 0.2) is 5.75 Å². The number of phenolic OH excluding ortho intramolecular Hbond substituents is 1. The van der Waals surface area contributed by atoms with Crippen molar-refractivity contribution < 1.29 is 28.6 Å². The average molecular weight is 386 g/mol. The fraction of sp³-hybridized carbons (Fsp3) is 0.250. The highest BCUT2D eigenvalue weighted by molar-refractivity contribution is 6.05. The van der Waals surface area contributed by atoms with Crippen LogP contribution in [0.15, 0.2) is 36.4 Å². The van der Waals surface area contributed by atoms with Gasteiger partial charge in [-0.2, -0.15) is 0 Å². The second-order valence-corrected chi connectivity index (χ2v) is 6.54. The van der Waals surface area contributed by atoms with Crippen molar-refractivity contribution in [3.63, 3.8) is 0 Å². The molecule has 2 N–H and O–H groups in total. The zero-order valence-electron chi connectivity index (χ0n) is 15.4. The Labute approximate surface area is 160 Å². The third-order valence-electron chi connectivity index (χ3n) is 4.59. The minimum atomic E-state index is -0.745. The Balaban J connectivity index is 1.76. The predicted molar refractivity (Wildman–Crippen MR) is 99.7 cm³/mol. The van der Waals surface area contributed by atoms with Gasteiger partial charge in [0.1, 0.15) is 11.4 Å². The van der Waals surface area contributed by atoms with Crippen LogP contribution in [0.3, 0.4) is 0 Å². The molecule has 1 unspecified atom stereocenters. The van der Waals surface area contributed by atoms with E-state index in [-0.39, 0.29) is 35.8 Å². The molecule has 1 aliphatic heterocycles. The van der Waals surface area contributed by atoms with Gasteiger partial charge in [0.2, 0.25) is 11.8 Å². The number of phenols is 1. The van der Waals surface area contributed by atoms with Crippen LogP contribution in [0, 0.1) is 18.7 Å². The van der Waals surface area contributed by atoms with Crippen LogP contribution in [0.2, 0.25) is 0 Å². The van der Waals surface area contributed by atoms with E-state index in [1.165, 1.54) is 42.3 Å². The lowest BCUT2D eigenvalue weighted by Gasteiger charge is -2.18. The summed E-state index contributed by atoms with van der Waals surface area (Å²) in [5.74, 6) is -3.30. The summed E-state index contributed by atoms with van der Waals surface area (Å²) in [5.41, 5.74) is 0.788. The minimum absolute atomic E-state index is 0.0160. The van der Waals surface area contributed by atoms with Crippen LogP contribution < -0.4 is 10.2 Å². The number of anilines is 2. The largest absolute Gasteiger partial charge is 0.505 e. The molecule has 146 valence electrons. The highest BCUT2D eigenvalue weighted by Crippen LogP contribution is 2.31. The standard InChI is InChI=1S/C20H19FN2O5/c1-11-6-7-16(14(21)8-11)23-10-12(9-17(23)24)19(26)22-15-5-3-4-13(18(15)25)20(27)28-2/h3-8,12,25H,9-10H2,1-2H3,(H,22,26). The Morgan fingerprint density at radius 3 is 2.71 bits per heavy atom. The summed E-state index contributed by atoms with van der Waals surface area (Å²) < 4.78 is 18.8. The number of rotatable bonds is 4. The fourth-order valence-electron chi connectivity index (χ4n) is 3.10. The zero-order valence-corrected chi connectivity index (χ0v) is 15.4. The van der Waals surface area contributed by atoms with E-state index < -0.39 is 29.4 Å². The second-order valence-electron chi connectivity index (χ2n) is 6.54. The van der Waals surface area contributed by atoms with E-state index in [0.29, 0.717) is 0 Å². The van der Waals surface area contributed by atoms with Crippen molar-refractivity contribution in [1.29, 1.82) is 0 Å². The molecule has 1 saturated heterocycles. The second kappa shape index (κ2) is 7.67. The number of aryl methyl sites for hydroxylation is 1. The lowest BCUT2D eigenvalue weighted by molar-refractivity contribution is -0.122. The van der Waals surface area contributed by atoms with E-state index in [4.69, 9.17) is 0 Å². The van der Waals surface area contributed by atoms with E-state index in [2.05, 4.69) is 10.1 Å². The number of carbonyl (C=O) groups excluding carboxylic acids is 3. The van der Waals surface area contributed by atoms with E-state index >= 15 is 0 Å². The lowest BCUT2D eigenvalue weighted by atomic mass is 10.1. The number of halogens is 1. The maximum absolute atomic E-state index is 14.2. The summed E-state index contributed by atoms with van der Waals surface area (Å²) in [6, 6.07) is 8.79. The number of carbonyl (C=O) groups is 3. The summed E-state index contributed by atoms with van der Waals surface area (Å²) in [4.78, 5) is 37.8. The molecule has 1 atom stereocenters. The summed E-state index contributed by atoms with van der Waals surface area (Å²) in [7, 11) is 1.18. The number of aromatic hydroxyl groups is 1. The molecular formula is C20H19FN2O5. The monoisotopic (exact) mass is 386 g/mol. The van der Waals surface area contributed by atoms with Crippen LogP contribution in [-0.2, 0) is 14.3 Å². The van der Waals surface area contributed by atoms with Crippen molar-refractivity contribution in [2.24, 2.45) is 5.92 Å². The molecule has 2 aromatic rings. The first-order valence-corrected chi connectivity index (χ1v) is 8.59. The van der Waals surface area contributed by atoms with Gasteiger partial charge in [-0.1, -0.05) is 12.1 Å². The van der Waals surface area contributed by atoms with Gasteiger partial charge in [0.25, 0.3) is 0 Å². The number of para-hydroxylation sites is 1. The van der Waals surface area contributed by atoms with Crippen LogP contribution in [0.5, 0.6) is 5.75 Å². The van der Waals surface area contributed by atoms with Crippen molar-refractivity contribution in [1.82, 2.24) is 0 Å². The number of benzene rings is 2. The fourth-order valence-corrected chi connectivity index (χ4v) is 3.10. The number of nitrogens with zero attached hydrogens (tertiary/aromatic N) is 1. The molecule has 1 aliphatic rings. The van der Waals surface area contributed by atoms with Crippen LogP contribution in [0.4, 0.5) is 15.8 Å². The van der Waals surface area contributed by atoms with Gasteiger partial charge in [-0.3, -0.25) is 9.59 Å². The van der Waals surface area contributed by atoms with Crippen LogP contribution in [0.1, 0.15) is 22.3 Å². The number of ether oxygens (including phenoxy) is 1. The number of amides is 2. The van der Waals surface area contributed by atoms with Crippen molar-refractivity contribution in [2.45, 2.75) is 13.3 Å². The first-order valence-electron chi connectivity index (χ1n) is 8.59. The topological polar surface area (TPSA) is 95.9 Å². The highest BCUT2D eigenvalue weighted by Gasteiger charge is 2.36. The molecule has 28 heavy (non-hydrogen) atoms. The Bertz CT molecular complexity index is 960. The molecule has 0 aliphatic carbocycles. The molecule has 0 radical (unpaired) electrons. The summed E-state index contributed by atoms with van der Waals surface area (Å²) in [6.07, 6.45) is -0.0867. The van der Waals surface area contributed by atoms with Crippen molar-refractivity contribution in [3.05, 3.63) is 53.3 Å². The van der Waals surface area contributed by atoms with E-state index in [1.807, 2.05) is 0 Å². The quantitative estimate of drug-likeness (QED) is 0.622. The molecule has 7 nitrogen and oxygen atoms in total. The summed E-state index contributed by atoms with van der Waals surface area (Å²) in [5, 5.41) is 12.7. The third kappa shape index (κ3) is 3.66. The molecule has 2 aromatic carbocycles. The molecular weight excluding hydrogens is 367 g/mol. The van der Waals surface area contributed by atoms with Gasteiger partial charge < -0.3 is 20.1 Å². The maximum atomic E-state index is 14.2. The first-order chi connectivity index (χ1) is 13.3. The Morgan fingerprint density at radius 2 is 2.04 bits per heavy atom. The van der Waals surface area contributed by atoms with Crippen LogP contribution >= 0.6 is 0 Å². The normalized spacial score (nSPS) is 16.2. The third-order valence-corrected chi connectivity index (χ3v) is 4.59. The van der Waals surface area contributed by atoms with E-state index in [9.17, 15) is 23.9 Å². The number of esters is 1. The smallest absolute Gasteiger partial charge is 0.341 e. The average Bonchev–Trinajstić information content (AvgIpc) is 3.04. The van der Waals surface area contributed by atoms with Crippen LogP contribution in [0.25, 0.3) is 0 Å². The van der Waals surface area contributed by atoms with Gasteiger partial charge in [-0.15, -0.1) is 0 Å². The molecule has 0 bridgehead atoms. The Hall–Kier alpha value is -3.42. The molecule has 0 saturated carbocycles. The number of hydrogen-bond donors (Lipinski definition) is 2. The van der Waals surface area contributed by atoms with Gasteiger partial charge in [0, 0.05) is 13.0 Å². The Morgan fingerprint density at radius 1 is 1.29 bits per heavy atom. The maximum Gasteiger partial charge on any atom is 0.341 e. The molecule has 1 heterocycles. The van der Waals surface area contributed by atoms with E-state index in [1.54, 1.807) is 13.0 Å². The number of hydrogen-bond acceptors (Lipinski definition) is 5. The molecule has 1 fully saturated rings. The van der Waals surface area contributed by atoms with Crippen molar-refractivity contribution in [3.8, 4) is 5.75 Å². The summed E-state index contributed by atoms with van der Waals surface area (Å²) in [6.45, 7) is 1.76. The molecule has 8 heteroatoms. The van der Waals surface area contributed by atoms with Gasteiger partial charge in [-0.25, -0.2) is 9.18 Å². The van der Waals surface area contributed by atoms with E-state index in [0.717, 1.165) is 5.56 Å². The molecule has 0 spiro atoms. The van der Waals surface area contributed by atoms with Gasteiger partial charge in [0.05, 0.1) is 24.4 Å². The minimum Gasteiger partial charge on any atom is -0.505 e. The number of nitrogens with one attached hydrogen (secondary N) is 1. The van der Waals surface area contributed by atoms with Gasteiger partial charge >= 0.3 is 5.97 Å². The summed E-state index contributed by atoms with van der Waals surface area (Å²) >= 11 is 0. The van der Waals surface area contributed by atoms with Crippen molar-refractivity contribution in [2.75, 3.05) is 23.9 Å². The van der Waals surface area contributed by atoms with Gasteiger partial charge in [-0.05, 0) is 36.8 Å². The predicted octanol–water partition coefficient (Wildman–Crippen LogP) is 2.62. The Kier molecular flexibility index (Phi) is 5.30. The van der Waals surface area contributed by atoms with Crippen molar-refractivity contribution >= 4 is 29.2 Å². The highest BCUT2D eigenvalue weighted by atomic mass is 19.1. The number of methoxy groups -OCH3 is 1. The molecule has 0 aromatic heterocycles. The molecule has 2 amide bonds. The molecule has 3 rings (SSSR count). The SMILES string of the molecule is COC(=O)c1cccc(NC(=O)C2CC(=O)N(c3ccc(C)cc3F)C2)c1O. The lowest BCUT2D eigenvalue weighted by Crippen LogP contribution is -2.28. The first kappa shape index (κ1) is 19.3. The van der Waals surface area contributed by atoms with Crippen LogP contribution in [-0.4, -0.2) is 36.5 Å².